The highest BCUT2D eigenvalue weighted by molar-refractivity contribution is 6.67. The summed E-state index contributed by atoms with van der Waals surface area (Å²) in [4.78, 5) is 72.5. The summed E-state index contributed by atoms with van der Waals surface area (Å²) in [6, 6.07) is 31.0. The monoisotopic (exact) mass is 1150 g/mol. The number of nitrogens with one attached hydrogen (secondary N) is 7. The number of rotatable bonds is 11. The van der Waals surface area contributed by atoms with Gasteiger partial charge in [-0.1, -0.05) is 56.3 Å². The van der Waals surface area contributed by atoms with Gasteiger partial charge in [-0.25, -0.2) is 28.1 Å². The van der Waals surface area contributed by atoms with Gasteiger partial charge in [0.05, 0.1) is 29.4 Å². The van der Waals surface area contributed by atoms with Crippen LogP contribution >= 0.6 is 11.6 Å². The predicted molar refractivity (Wildman–Crippen MR) is 320 cm³/mol. The van der Waals surface area contributed by atoms with Crippen LogP contribution in [-0.2, 0) is 16.0 Å². The maximum atomic E-state index is 14.9. The van der Waals surface area contributed by atoms with E-state index in [1.807, 2.05) is 38.1 Å². The molecule has 83 heavy (non-hydrogen) atoms. The molecule has 16 nitrogen and oxygen atoms in total. The standard InChI is InChI=1S/C26H28FN5O.C15H21N3O.C11H9FN2O.C7H4ClFO.C4H6N2/c1-3-32-12-10-17(11-13-32)30-18-8-9-22-20(14-18)24(26(33)31-22)23(25-28-15-16(2)29-25)19-6-4-5-7-21(19)27;1-2-18-7-5-12(6-8-18)16-13-3-4-14-11(9-13)10-15(19)17-14;1-7-6-13-11(14-7)10(15)8-4-2-3-5-9(8)12;8-7(10)5-3-1-2-4-6(5)9;1-4-2-5-3-6-4/h4-9,14-15,17,30H,3,10-13H2,1-2H3,(H,28,29)(H,31,33);3-4,9,12,16H,2,5-8,10H2,1H3,(H,17,19);2-6H,1H3,(H,13,14);1-4H;2-3H,1H3,(H,5,6)/b24-23-;;;;. The number of ketones is 1. The minimum atomic E-state index is -0.766. The highest BCUT2D eigenvalue weighted by Gasteiger charge is 2.32. The molecule has 432 valence electrons. The lowest BCUT2D eigenvalue weighted by Gasteiger charge is -2.32. The number of hydrogen-bond donors (Lipinski definition) is 7. The van der Waals surface area contributed by atoms with Gasteiger partial charge in [0.2, 0.25) is 11.7 Å². The number of imidazole rings is 3. The Morgan fingerprint density at radius 3 is 1.58 bits per heavy atom. The third kappa shape index (κ3) is 16.3. The molecule has 5 aromatic carbocycles. The Hall–Kier alpha value is -8.65. The lowest BCUT2D eigenvalue weighted by Crippen LogP contribution is -2.38. The molecule has 4 aliphatic rings. The number of anilines is 4. The molecule has 0 unspecified atom stereocenters. The summed E-state index contributed by atoms with van der Waals surface area (Å²) in [7, 11) is 0. The number of hydrogen-bond acceptors (Lipinski definition) is 11. The van der Waals surface area contributed by atoms with Crippen LogP contribution in [0.2, 0.25) is 0 Å². The molecule has 0 radical (unpaired) electrons. The van der Waals surface area contributed by atoms with E-state index in [4.69, 9.17) is 11.6 Å². The van der Waals surface area contributed by atoms with Gasteiger partial charge in [-0.15, -0.1) is 0 Å². The fourth-order valence-electron chi connectivity index (χ4n) is 9.91. The molecule has 2 saturated heterocycles. The number of amides is 2. The maximum absolute atomic E-state index is 14.9. The van der Waals surface area contributed by atoms with Gasteiger partial charge >= 0.3 is 0 Å². The van der Waals surface area contributed by atoms with Gasteiger partial charge in [-0.05, 0) is 143 Å². The van der Waals surface area contributed by atoms with E-state index < -0.39 is 28.5 Å². The Morgan fingerprint density at radius 2 is 1.12 bits per heavy atom. The van der Waals surface area contributed by atoms with E-state index in [2.05, 4.69) is 87.0 Å². The molecule has 0 aliphatic carbocycles. The second-order valence-electron chi connectivity index (χ2n) is 20.4. The zero-order valence-corrected chi connectivity index (χ0v) is 47.8. The van der Waals surface area contributed by atoms with Gasteiger partial charge in [-0.3, -0.25) is 19.2 Å². The highest BCUT2D eigenvalue weighted by Crippen LogP contribution is 2.41. The molecule has 2 fully saturated rings. The Balaban J connectivity index is 0.000000152. The number of H-pyrrole nitrogens is 3. The summed E-state index contributed by atoms with van der Waals surface area (Å²) in [6.07, 6.45) is 11.7. The van der Waals surface area contributed by atoms with Crippen LogP contribution in [0.4, 0.5) is 35.9 Å². The molecular formula is C63H68ClF3N12O4. The number of halogens is 4. The molecule has 0 saturated carbocycles. The third-order valence-electron chi connectivity index (χ3n) is 14.4. The van der Waals surface area contributed by atoms with Crippen LogP contribution < -0.4 is 21.3 Å². The summed E-state index contributed by atoms with van der Waals surface area (Å²) in [5.74, 6) is -1.46. The zero-order valence-electron chi connectivity index (χ0n) is 47.0. The molecule has 8 aromatic rings. The molecule has 7 heterocycles. The number of aromatic amines is 3. The largest absolute Gasteiger partial charge is 0.382 e. The van der Waals surface area contributed by atoms with E-state index in [1.54, 1.807) is 62.0 Å². The second kappa shape index (κ2) is 28.9. The van der Waals surface area contributed by atoms with Crippen molar-refractivity contribution in [2.24, 2.45) is 0 Å². The van der Waals surface area contributed by atoms with E-state index in [9.17, 15) is 32.3 Å². The van der Waals surface area contributed by atoms with Crippen molar-refractivity contribution >= 4 is 68.3 Å². The second-order valence-corrected chi connectivity index (χ2v) is 20.7. The van der Waals surface area contributed by atoms with Crippen LogP contribution in [0.1, 0.15) is 106 Å². The first-order valence-corrected chi connectivity index (χ1v) is 28.0. The predicted octanol–water partition coefficient (Wildman–Crippen LogP) is 11.8. The van der Waals surface area contributed by atoms with Gasteiger partial charge in [0.1, 0.15) is 23.3 Å². The molecule has 0 spiro atoms. The molecule has 0 atom stereocenters. The van der Waals surface area contributed by atoms with Crippen molar-refractivity contribution in [3.05, 3.63) is 208 Å². The molecular weight excluding hydrogens is 1080 g/mol. The normalized spacial score (nSPS) is 15.5. The van der Waals surface area contributed by atoms with Crippen LogP contribution in [-0.4, -0.2) is 114 Å². The van der Waals surface area contributed by atoms with Gasteiger partial charge < -0.3 is 46.0 Å². The number of carbonyl (C=O) groups excluding carboxylic acids is 4. The Kier molecular flexibility index (Phi) is 21.0. The molecule has 7 N–H and O–H groups in total. The zero-order chi connectivity index (χ0) is 59.0. The SMILES string of the molecule is CCN1CCC(Nc2ccc3c(c2)/C(=C(/c2ncc(C)[nH]2)c2ccccc2F)C(=O)N3)CC1.CCN1CCC(Nc2ccc3c(c2)CC(=O)N3)CC1.Cc1cnc(C(=O)c2ccccc2F)[nH]1.Cc1cnc[nH]1.O=C(Cl)c1ccccc1F. The quantitative estimate of drug-likeness (QED) is 0.0368. The van der Waals surface area contributed by atoms with Gasteiger partial charge in [-0.2, -0.15) is 0 Å². The van der Waals surface area contributed by atoms with Crippen LogP contribution in [0.15, 0.2) is 134 Å². The number of benzene rings is 5. The number of aryl methyl sites for hydroxylation is 3. The minimum absolute atomic E-state index is 0.0341. The average Bonchev–Trinajstić information content (AvgIpc) is 3.61. The molecule has 3 aromatic heterocycles. The Morgan fingerprint density at radius 1 is 0.614 bits per heavy atom. The molecule has 4 aliphatic heterocycles. The first-order valence-electron chi connectivity index (χ1n) is 27.6. The van der Waals surface area contributed by atoms with Gasteiger partial charge in [0.15, 0.2) is 5.82 Å². The van der Waals surface area contributed by atoms with E-state index in [0.29, 0.717) is 41.0 Å². The fourth-order valence-corrected chi connectivity index (χ4v) is 10.1. The van der Waals surface area contributed by atoms with Crippen LogP contribution in [0.25, 0.3) is 11.1 Å². The topological polar surface area (TPSA) is 209 Å². The number of nitrogens with zero attached hydrogens (tertiary/aromatic N) is 5. The third-order valence-corrected chi connectivity index (χ3v) is 14.6. The highest BCUT2D eigenvalue weighted by atomic mass is 35.5. The number of likely N-dealkylation sites (tertiary alicyclic amines) is 2. The molecule has 0 bridgehead atoms. The van der Waals surface area contributed by atoms with E-state index in [-0.39, 0.29) is 28.8 Å². The number of fused-ring (bicyclic) bond motifs is 2. The van der Waals surface area contributed by atoms with Crippen molar-refractivity contribution in [2.45, 2.75) is 78.8 Å². The number of piperidine rings is 2. The minimum Gasteiger partial charge on any atom is -0.382 e. The number of aromatic nitrogens is 6. The summed E-state index contributed by atoms with van der Waals surface area (Å²) >= 11 is 5.03. The van der Waals surface area contributed by atoms with E-state index in [1.165, 1.54) is 68.5 Å². The van der Waals surface area contributed by atoms with Crippen molar-refractivity contribution in [3.63, 3.8) is 0 Å². The van der Waals surface area contributed by atoms with Crippen LogP contribution in [0, 0.1) is 38.2 Å². The van der Waals surface area contributed by atoms with Crippen molar-refractivity contribution in [1.82, 2.24) is 39.7 Å². The smallest absolute Gasteiger partial charge is 0.257 e. The first kappa shape index (κ1) is 60.4. The maximum Gasteiger partial charge on any atom is 0.257 e. The molecule has 2 amide bonds. The Labute approximate surface area is 485 Å². The van der Waals surface area contributed by atoms with Gasteiger partial charge in [0.25, 0.3) is 11.1 Å². The van der Waals surface area contributed by atoms with Crippen molar-refractivity contribution in [1.29, 1.82) is 0 Å². The molecule has 20 heteroatoms. The summed E-state index contributed by atoms with van der Waals surface area (Å²) in [5.41, 5.74) is 9.56. The van der Waals surface area contributed by atoms with E-state index >= 15 is 0 Å². The lowest BCUT2D eigenvalue weighted by atomic mass is 9.94. The van der Waals surface area contributed by atoms with Crippen molar-refractivity contribution in [2.75, 3.05) is 60.5 Å². The fraction of sp³-hybridized carbons (Fsp3) is 0.286. The Bertz CT molecular complexity index is 3550. The van der Waals surface area contributed by atoms with Crippen molar-refractivity contribution < 1.29 is 32.3 Å². The van der Waals surface area contributed by atoms with E-state index in [0.717, 1.165) is 90.0 Å². The molecule has 12 rings (SSSR count). The summed E-state index contributed by atoms with van der Waals surface area (Å²) < 4.78 is 40.7. The number of carbonyl (C=O) groups is 4. The van der Waals surface area contributed by atoms with Crippen LogP contribution in [0.5, 0.6) is 0 Å². The van der Waals surface area contributed by atoms with Crippen LogP contribution in [0.3, 0.4) is 0 Å². The first-order chi connectivity index (χ1) is 40.1. The summed E-state index contributed by atoms with van der Waals surface area (Å²) in [6.45, 7) is 16.8. The van der Waals surface area contributed by atoms with Gasteiger partial charge in [0, 0.05) is 113 Å². The lowest BCUT2D eigenvalue weighted by molar-refractivity contribution is -0.115. The summed E-state index contributed by atoms with van der Waals surface area (Å²) in [5, 5.41) is 12.3. The van der Waals surface area contributed by atoms with Crippen molar-refractivity contribution in [3.8, 4) is 0 Å². The average molecular weight is 1150 g/mol.